The standard InChI is InChI=1S/C10H17N3O/c1-2-10-12-9(11)7-13(10)8-3-5-14-6-4-8/h7-8H,2-6,11H2,1H3. The SMILES string of the molecule is CCc1nc(N)cn1C1CCOCC1. The molecule has 0 atom stereocenters. The number of aromatic nitrogens is 2. The zero-order chi connectivity index (χ0) is 9.97. The van der Waals surface area contributed by atoms with Gasteiger partial charge in [0.2, 0.25) is 0 Å². The van der Waals surface area contributed by atoms with Gasteiger partial charge in [0.1, 0.15) is 11.6 Å². The van der Waals surface area contributed by atoms with Crippen LogP contribution in [0.25, 0.3) is 0 Å². The molecule has 14 heavy (non-hydrogen) atoms. The monoisotopic (exact) mass is 195 g/mol. The van der Waals surface area contributed by atoms with Crippen LogP contribution >= 0.6 is 0 Å². The van der Waals surface area contributed by atoms with Crippen molar-refractivity contribution >= 4 is 5.82 Å². The molecule has 0 amide bonds. The van der Waals surface area contributed by atoms with E-state index >= 15 is 0 Å². The van der Waals surface area contributed by atoms with Gasteiger partial charge in [0.15, 0.2) is 0 Å². The molecule has 0 radical (unpaired) electrons. The van der Waals surface area contributed by atoms with E-state index in [0.29, 0.717) is 11.9 Å². The summed E-state index contributed by atoms with van der Waals surface area (Å²) in [7, 11) is 0. The Bertz CT molecular complexity index is 302. The third-order valence-electron chi connectivity index (χ3n) is 2.73. The minimum atomic E-state index is 0.531. The van der Waals surface area contributed by atoms with Gasteiger partial charge in [-0.15, -0.1) is 0 Å². The minimum Gasteiger partial charge on any atom is -0.382 e. The second-order valence-electron chi connectivity index (χ2n) is 3.69. The van der Waals surface area contributed by atoms with Crippen LogP contribution in [0.15, 0.2) is 6.20 Å². The lowest BCUT2D eigenvalue weighted by atomic mass is 10.1. The summed E-state index contributed by atoms with van der Waals surface area (Å²) in [6.07, 6.45) is 5.04. The Morgan fingerprint density at radius 1 is 1.57 bits per heavy atom. The number of nitrogen functional groups attached to an aromatic ring is 1. The number of nitrogens with zero attached hydrogens (tertiary/aromatic N) is 2. The zero-order valence-electron chi connectivity index (χ0n) is 8.57. The summed E-state index contributed by atoms with van der Waals surface area (Å²) < 4.78 is 7.56. The number of rotatable bonds is 2. The lowest BCUT2D eigenvalue weighted by molar-refractivity contribution is 0.0689. The van der Waals surface area contributed by atoms with Gasteiger partial charge in [-0.2, -0.15) is 0 Å². The van der Waals surface area contributed by atoms with Crippen molar-refractivity contribution in [3.05, 3.63) is 12.0 Å². The van der Waals surface area contributed by atoms with Crippen molar-refractivity contribution in [2.45, 2.75) is 32.2 Å². The van der Waals surface area contributed by atoms with Crippen molar-refractivity contribution in [1.82, 2.24) is 9.55 Å². The molecule has 1 aromatic rings. The number of imidazole rings is 1. The topological polar surface area (TPSA) is 53.1 Å². The molecule has 0 spiro atoms. The van der Waals surface area contributed by atoms with E-state index in [2.05, 4.69) is 16.5 Å². The first-order chi connectivity index (χ1) is 6.81. The maximum Gasteiger partial charge on any atom is 0.141 e. The van der Waals surface area contributed by atoms with Crippen molar-refractivity contribution in [3.8, 4) is 0 Å². The fourth-order valence-corrected chi connectivity index (χ4v) is 1.99. The van der Waals surface area contributed by atoms with Crippen LogP contribution in [0.4, 0.5) is 5.82 Å². The maximum atomic E-state index is 5.70. The second-order valence-corrected chi connectivity index (χ2v) is 3.69. The highest BCUT2D eigenvalue weighted by molar-refractivity contribution is 5.26. The van der Waals surface area contributed by atoms with E-state index in [1.807, 2.05) is 6.20 Å². The predicted octanol–water partition coefficient (Wildman–Crippen LogP) is 1.38. The van der Waals surface area contributed by atoms with E-state index in [9.17, 15) is 0 Å². The third-order valence-corrected chi connectivity index (χ3v) is 2.73. The molecule has 1 aromatic heterocycles. The third kappa shape index (κ3) is 1.75. The molecule has 1 aliphatic rings. The molecule has 2 N–H and O–H groups in total. The van der Waals surface area contributed by atoms with Crippen LogP contribution in [-0.2, 0) is 11.2 Å². The summed E-state index contributed by atoms with van der Waals surface area (Å²) in [5.74, 6) is 1.72. The van der Waals surface area contributed by atoms with Crippen LogP contribution in [0.2, 0.25) is 0 Å². The first-order valence-electron chi connectivity index (χ1n) is 5.22. The molecular formula is C10H17N3O. The first kappa shape index (κ1) is 9.52. The molecular weight excluding hydrogens is 178 g/mol. The molecule has 1 saturated heterocycles. The fraction of sp³-hybridized carbons (Fsp3) is 0.700. The van der Waals surface area contributed by atoms with E-state index < -0.39 is 0 Å². The average molecular weight is 195 g/mol. The smallest absolute Gasteiger partial charge is 0.141 e. The molecule has 0 aliphatic carbocycles. The van der Waals surface area contributed by atoms with Gasteiger partial charge in [0.05, 0.1) is 0 Å². The summed E-state index contributed by atoms with van der Waals surface area (Å²) in [5.41, 5.74) is 5.70. The van der Waals surface area contributed by atoms with Gasteiger partial charge >= 0.3 is 0 Å². The summed E-state index contributed by atoms with van der Waals surface area (Å²) in [6, 6.07) is 0.531. The summed E-state index contributed by atoms with van der Waals surface area (Å²) >= 11 is 0. The van der Waals surface area contributed by atoms with Crippen molar-refractivity contribution in [2.75, 3.05) is 18.9 Å². The molecule has 4 nitrogen and oxygen atoms in total. The Balaban J connectivity index is 2.20. The minimum absolute atomic E-state index is 0.531. The van der Waals surface area contributed by atoms with Crippen molar-refractivity contribution in [2.24, 2.45) is 0 Å². The Hall–Kier alpha value is -1.03. The highest BCUT2D eigenvalue weighted by Gasteiger charge is 2.18. The average Bonchev–Trinajstić information content (AvgIpc) is 2.61. The van der Waals surface area contributed by atoms with Crippen LogP contribution in [0.3, 0.4) is 0 Å². The molecule has 0 saturated carbocycles. The van der Waals surface area contributed by atoms with Gasteiger partial charge in [0.25, 0.3) is 0 Å². The van der Waals surface area contributed by atoms with Gasteiger partial charge in [-0.1, -0.05) is 6.92 Å². The zero-order valence-corrected chi connectivity index (χ0v) is 8.57. The fourth-order valence-electron chi connectivity index (χ4n) is 1.99. The normalized spacial score (nSPS) is 18.6. The van der Waals surface area contributed by atoms with Crippen molar-refractivity contribution in [3.63, 3.8) is 0 Å². The van der Waals surface area contributed by atoms with Crippen molar-refractivity contribution in [1.29, 1.82) is 0 Å². The lowest BCUT2D eigenvalue weighted by Crippen LogP contribution is -2.20. The molecule has 2 heterocycles. The summed E-state index contributed by atoms with van der Waals surface area (Å²) in [5, 5.41) is 0. The first-order valence-corrected chi connectivity index (χ1v) is 5.22. The molecule has 4 heteroatoms. The predicted molar refractivity (Wildman–Crippen MR) is 55.1 cm³/mol. The van der Waals surface area contributed by atoms with Crippen molar-refractivity contribution < 1.29 is 4.74 Å². The number of ether oxygens (including phenoxy) is 1. The Labute approximate surface area is 84.1 Å². The Kier molecular flexibility index (Phi) is 2.72. The van der Waals surface area contributed by atoms with Gasteiger partial charge in [-0.05, 0) is 12.8 Å². The maximum absolute atomic E-state index is 5.70. The number of anilines is 1. The van der Waals surface area contributed by atoms with Crippen LogP contribution in [0.5, 0.6) is 0 Å². The molecule has 1 fully saturated rings. The number of aryl methyl sites for hydroxylation is 1. The largest absolute Gasteiger partial charge is 0.382 e. The number of nitrogens with two attached hydrogens (primary N) is 1. The van der Waals surface area contributed by atoms with E-state index in [4.69, 9.17) is 10.5 Å². The Morgan fingerprint density at radius 2 is 2.29 bits per heavy atom. The quantitative estimate of drug-likeness (QED) is 0.775. The van der Waals surface area contributed by atoms with Crippen LogP contribution in [0.1, 0.15) is 31.6 Å². The second kappa shape index (κ2) is 4.00. The number of hydrogen-bond acceptors (Lipinski definition) is 3. The molecule has 0 bridgehead atoms. The number of hydrogen-bond donors (Lipinski definition) is 1. The molecule has 0 unspecified atom stereocenters. The van der Waals surface area contributed by atoms with E-state index in [1.165, 1.54) is 0 Å². The molecule has 2 rings (SSSR count). The van der Waals surface area contributed by atoms with Crippen LogP contribution in [-0.4, -0.2) is 22.8 Å². The molecule has 78 valence electrons. The molecule has 1 aliphatic heterocycles. The van der Waals surface area contributed by atoms with Gasteiger partial charge < -0.3 is 15.0 Å². The lowest BCUT2D eigenvalue weighted by Gasteiger charge is -2.24. The summed E-state index contributed by atoms with van der Waals surface area (Å²) in [4.78, 5) is 4.30. The van der Waals surface area contributed by atoms with Crippen LogP contribution in [0, 0.1) is 0 Å². The highest BCUT2D eigenvalue weighted by atomic mass is 16.5. The highest BCUT2D eigenvalue weighted by Crippen LogP contribution is 2.23. The van der Waals surface area contributed by atoms with Gasteiger partial charge in [-0.3, -0.25) is 0 Å². The Morgan fingerprint density at radius 3 is 2.93 bits per heavy atom. The summed E-state index contributed by atoms with van der Waals surface area (Å²) in [6.45, 7) is 3.81. The van der Waals surface area contributed by atoms with Gasteiger partial charge in [0, 0.05) is 31.9 Å². The van der Waals surface area contributed by atoms with E-state index in [1.54, 1.807) is 0 Å². The van der Waals surface area contributed by atoms with Crippen LogP contribution < -0.4 is 5.73 Å². The van der Waals surface area contributed by atoms with E-state index in [-0.39, 0.29) is 0 Å². The molecule has 0 aromatic carbocycles. The van der Waals surface area contributed by atoms with E-state index in [0.717, 1.165) is 38.3 Å². The van der Waals surface area contributed by atoms with Gasteiger partial charge in [-0.25, -0.2) is 4.98 Å².